The van der Waals surface area contributed by atoms with E-state index < -0.39 is 29.2 Å². The topological polar surface area (TPSA) is 37.3 Å². The molecule has 0 atom stereocenters. The first-order valence-corrected chi connectivity index (χ1v) is 6.97. The van der Waals surface area contributed by atoms with Crippen LogP contribution in [0.15, 0.2) is 47.6 Å². The number of hydrogen-bond donors (Lipinski definition) is 1. The number of pyridine rings is 1. The van der Waals surface area contributed by atoms with Gasteiger partial charge in [-0.15, -0.1) is 0 Å². The van der Waals surface area contributed by atoms with E-state index in [0.717, 1.165) is 10.8 Å². The van der Waals surface area contributed by atoms with Gasteiger partial charge in [0.1, 0.15) is 5.69 Å². The molecule has 0 unspecified atom stereocenters. The maximum absolute atomic E-state index is 13.5. The third-order valence-corrected chi connectivity index (χ3v) is 3.50. The second kappa shape index (κ2) is 6.27. The van der Waals surface area contributed by atoms with Gasteiger partial charge in [0.25, 0.3) is 11.9 Å². The van der Waals surface area contributed by atoms with E-state index in [-0.39, 0.29) is 0 Å². The Morgan fingerprint density at radius 2 is 1.54 bits per heavy atom. The van der Waals surface area contributed by atoms with Crippen molar-refractivity contribution in [3.05, 3.63) is 71.6 Å². The van der Waals surface area contributed by atoms with Crippen molar-refractivity contribution in [2.75, 3.05) is 5.43 Å². The maximum Gasteiger partial charge on any atom is 0.254 e. The zero-order chi connectivity index (χ0) is 17.3. The minimum Gasteiger partial charge on any atom is -0.272 e. The molecule has 0 saturated heterocycles. The summed E-state index contributed by atoms with van der Waals surface area (Å²) in [6, 6.07) is 13.1. The summed E-state index contributed by atoms with van der Waals surface area (Å²) in [5.41, 5.74) is 2.08. The van der Waals surface area contributed by atoms with Gasteiger partial charge in [-0.3, -0.25) is 5.43 Å². The van der Waals surface area contributed by atoms with Crippen molar-refractivity contribution in [2.24, 2.45) is 5.10 Å². The lowest BCUT2D eigenvalue weighted by molar-refractivity contribution is 0.411. The first-order valence-electron chi connectivity index (χ1n) is 6.97. The molecule has 0 fully saturated rings. The van der Waals surface area contributed by atoms with Crippen LogP contribution in [0.2, 0.25) is 0 Å². The van der Waals surface area contributed by atoms with Crippen molar-refractivity contribution in [3.63, 3.8) is 0 Å². The molecule has 7 heteroatoms. The van der Waals surface area contributed by atoms with E-state index in [0.29, 0.717) is 11.3 Å². The van der Waals surface area contributed by atoms with Crippen LogP contribution >= 0.6 is 0 Å². The molecular weight excluding hydrogens is 322 g/mol. The van der Waals surface area contributed by atoms with Gasteiger partial charge >= 0.3 is 0 Å². The predicted octanol–water partition coefficient (Wildman–Crippen LogP) is 4.63. The highest BCUT2D eigenvalue weighted by Crippen LogP contribution is 2.22. The number of rotatable bonds is 3. The summed E-state index contributed by atoms with van der Waals surface area (Å²) in [4.78, 5) is 2.48. The molecule has 0 saturated carbocycles. The summed E-state index contributed by atoms with van der Waals surface area (Å²) in [7, 11) is 0. The number of hydrazone groups is 1. The highest BCUT2D eigenvalue weighted by Gasteiger charge is 2.20. The minimum absolute atomic E-state index is 0.386. The Morgan fingerprint density at radius 3 is 2.21 bits per heavy atom. The molecule has 122 valence electrons. The Labute approximate surface area is 134 Å². The van der Waals surface area contributed by atoms with E-state index in [9.17, 15) is 17.6 Å². The smallest absolute Gasteiger partial charge is 0.254 e. The minimum atomic E-state index is -1.74. The maximum atomic E-state index is 13.5. The van der Waals surface area contributed by atoms with Crippen LogP contribution in [0.4, 0.5) is 23.2 Å². The second-order valence-corrected chi connectivity index (χ2v) is 5.07. The van der Waals surface area contributed by atoms with Crippen molar-refractivity contribution < 1.29 is 17.6 Å². The standard InChI is InChI=1S/C17H11F4N3/c1-9(11-7-6-10-4-2-3-5-12(10)8-11)23-24-15-13(18)16(20)22-17(21)14(15)19/h2-8H,1H3,(H,22,24). The van der Waals surface area contributed by atoms with Crippen LogP contribution in [0.3, 0.4) is 0 Å². The van der Waals surface area contributed by atoms with Gasteiger partial charge in [0.15, 0.2) is 0 Å². The predicted molar refractivity (Wildman–Crippen MR) is 83.9 cm³/mol. The molecule has 1 N–H and O–H groups in total. The van der Waals surface area contributed by atoms with Gasteiger partial charge in [-0.1, -0.05) is 36.4 Å². The van der Waals surface area contributed by atoms with Crippen molar-refractivity contribution in [1.82, 2.24) is 4.98 Å². The molecule has 0 radical (unpaired) electrons. The zero-order valence-corrected chi connectivity index (χ0v) is 12.4. The average Bonchev–Trinajstić information content (AvgIpc) is 2.59. The molecule has 0 aliphatic heterocycles. The van der Waals surface area contributed by atoms with Gasteiger partial charge in [-0.25, -0.2) is 0 Å². The van der Waals surface area contributed by atoms with E-state index in [4.69, 9.17) is 0 Å². The molecule has 3 aromatic rings. The summed E-state index contributed by atoms with van der Waals surface area (Å²) in [6.07, 6.45) is 0. The van der Waals surface area contributed by atoms with E-state index in [1.807, 2.05) is 41.8 Å². The third kappa shape index (κ3) is 2.92. The van der Waals surface area contributed by atoms with Crippen LogP contribution in [0.5, 0.6) is 0 Å². The molecule has 0 amide bonds. The Bertz CT molecular complexity index is 928. The fourth-order valence-corrected chi connectivity index (χ4v) is 2.20. The van der Waals surface area contributed by atoms with Crippen molar-refractivity contribution in [3.8, 4) is 0 Å². The Kier molecular flexibility index (Phi) is 4.16. The molecule has 1 heterocycles. The molecule has 0 aliphatic rings. The summed E-state index contributed by atoms with van der Waals surface area (Å²) >= 11 is 0. The normalized spacial score (nSPS) is 11.8. The average molecular weight is 333 g/mol. The van der Waals surface area contributed by atoms with Crippen LogP contribution in [0.1, 0.15) is 12.5 Å². The number of hydrogen-bond acceptors (Lipinski definition) is 3. The summed E-state index contributed by atoms with van der Waals surface area (Å²) in [6.45, 7) is 1.60. The summed E-state index contributed by atoms with van der Waals surface area (Å²) in [5.74, 6) is -6.75. The van der Waals surface area contributed by atoms with E-state index in [2.05, 4.69) is 10.1 Å². The molecule has 24 heavy (non-hydrogen) atoms. The lowest BCUT2D eigenvalue weighted by atomic mass is 10.0. The number of nitrogens with zero attached hydrogens (tertiary/aromatic N) is 2. The monoisotopic (exact) mass is 333 g/mol. The Balaban J connectivity index is 1.94. The number of benzene rings is 2. The van der Waals surface area contributed by atoms with Crippen LogP contribution < -0.4 is 5.43 Å². The van der Waals surface area contributed by atoms with Crippen LogP contribution in [0, 0.1) is 23.5 Å². The van der Waals surface area contributed by atoms with Crippen molar-refractivity contribution >= 4 is 22.2 Å². The van der Waals surface area contributed by atoms with Gasteiger partial charge in [-0.05, 0) is 29.3 Å². The van der Waals surface area contributed by atoms with Gasteiger partial charge < -0.3 is 0 Å². The lowest BCUT2D eigenvalue weighted by Crippen LogP contribution is -2.07. The van der Waals surface area contributed by atoms with Crippen molar-refractivity contribution in [1.29, 1.82) is 0 Å². The van der Waals surface area contributed by atoms with Crippen LogP contribution in [-0.4, -0.2) is 10.7 Å². The quantitative estimate of drug-likeness (QED) is 0.328. The van der Waals surface area contributed by atoms with Gasteiger partial charge in [0, 0.05) is 0 Å². The lowest BCUT2D eigenvalue weighted by Gasteiger charge is -2.07. The summed E-state index contributed by atoms with van der Waals surface area (Å²) in [5, 5.41) is 5.79. The second-order valence-electron chi connectivity index (χ2n) is 5.07. The van der Waals surface area contributed by atoms with Gasteiger partial charge in [0.05, 0.1) is 5.71 Å². The number of anilines is 1. The zero-order valence-electron chi connectivity index (χ0n) is 12.4. The number of nitrogens with one attached hydrogen (secondary N) is 1. The Morgan fingerprint density at radius 1 is 0.917 bits per heavy atom. The SMILES string of the molecule is CC(=NNc1c(F)c(F)nc(F)c1F)c1ccc2ccccc2c1. The molecule has 3 rings (SSSR count). The number of aromatic nitrogens is 1. The number of fused-ring (bicyclic) bond motifs is 1. The molecule has 3 nitrogen and oxygen atoms in total. The molecule has 0 bridgehead atoms. The van der Waals surface area contributed by atoms with Crippen LogP contribution in [-0.2, 0) is 0 Å². The Hall–Kier alpha value is -2.96. The molecule has 0 aliphatic carbocycles. The summed E-state index contributed by atoms with van der Waals surface area (Å²) < 4.78 is 53.2. The molecular formula is C17H11F4N3. The fraction of sp³-hybridized carbons (Fsp3) is 0.0588. The van der Waals surface area contributed by atoms with Gasteiger partial charge in [0.2, 0.25) is 11.6 Å². The van der Waals surface area contributed by atoms with Crippen molar-refractivity contribution in [2.45, 2.75) is 6.92 Å². The first kappa shape index (κ1) is 15.9. The van der Waals surface area contributed by atoms with E-state index in [1.54, 1.807) is 13.0 Å². The molecule has 0 spiro atoms. The van der Waals surface area contributed by atoms with Gasteiger partial charge in [-0.2, -0.15) is 27.6 Å². The molecule has 1 aromatic heterocycles. The first-order chi connectivity index (χ1) is 11.5. The fourth-order valence-electron chi connectivity index (χ4n) is 2.20. The highest BCUT2D eigenvalue weighted by molar-refractivity contribution is 6.02. The largest absolute Gasteiger partial charge is 0.272 e. The third-order valence-electron chi connectivity index (χ3n) is 3.50. The van der Waals surface area contributed by atoms with Crippen LogP contribution in [0.25, 0.3) is 10.8 Å². The van der Waals surface area contributed by atoms with E-state index in [1.165, 1.54) is 0 Å². The van der Waals surface area contributed by atoms with E-state index >= 15 is 0 Å². The number of halogens is 4. The highest BCUT2D eigenvalue weighted by atomic mass is 19.2. The molecule has 2 aromatic carbocycles.